The second-order valence-corrected chi connectivity index (χ2v) is 7.32. The van der Waals surface area contributed by atoms with Crippen LogP contribution in [0.15, 0.2) is 24.3 Å². The Balaban J connectivity index is 2.32. The lowest BCUT2D eigenvalue weighted by Crippen LogP contribution is -2.29. The predicted molar refractivity (Wildman–Crippen MR) is 94.5 cm³/mol. The number of nitrogens with zero attached hydrogens (tertiary/aromatic N) is 2. The second-order valence-electron chi connectivity index (χ2n) is 7.32. The van der Waals surface area contributed by atoms with Crippen LogP contribution in [0.2, 0.25) is 0 Å². The number of Topliss-reactive ketones (excluding diaryl/α,β-unsaturated/α-hetero) is 1. The first-order valence-electron chi connectivity index (χ1n) is 8.15. The van der Waals surface area contributed by atoms with Gasteiger partial charge in [0.2, 0.25) is 0 Å². The van der Waals surface area contributed by atoms with Gasteiger partial charge in [0.1, 0.15) is 0 Å². The van der Waals surface area contributed by atoms with Gasteiger partial charge in [0.15, 0.2) is 5.78 Å². The standard InChI is InChI=1S/C19H18N2O5/c1-10-15(18(23)24)16(11-4-6-12(7-5-11)21(25)26)17-13(20-10)8-19(2,3)9-14(17)22/h4-7H,8-9H2,1-3H3,(H,23,24). The highest BCUT2D eigenvalue weighted by Crippen LogP contribution is 2.40. The zero-order chi connectivity index (χ0) is 19.2. The van der Waals surface area contributed by atoms with E-state index in [1.807, 2.05) is 13.8 Å². The molecule has 0 spiro atoms. The Morgan fingerprint density at radius 3 is 2.35 bits per heavy atom. The molecule has 0 aliphatic heterocycles. The maximum Gasteiger partial charge on any atom is 0.338 e. The number of nitro groups is 1. The van der Waals surface area contributed by atoms with Crippen LogP contribution in [-0.2, 0) is 6.42 Å². The topological polar surface area (TPSA) is 110 Å². The molecule has 1 aromatic heterocycles. The summed E-state index contributed by atoms with van der Waals surface area (Å²) >= 11 is 0. The van der Waals surface area contributed by atoms with Gasteiger partial charge in [-0.25, -0.2) is 4.79 Å². The zero-order valence-corrected chi connectivity index (χ0v) is 14.7. The van der Waals surface area contributed by atoms with Gasteiger partial charge in [-0.1, -0.05) is 13.8 Å². The minimum Gasteiger partial charge on any atom is -0.478 e. The first kappa shape index (κ1) is 17.7. The third-order valence-electron chi connectivity index (χ3n) is 4.60. The molecular formula is C19H18N2O5. The van der Waals surface area contributed by atoms with Crippen molar-refractivity contribution in [3.8, 4) is 11.1 Å². The van der Waals surface area contributed by atoms with Gasteiger partial charge in [0, 0.05) is 29.7 Å². The molecule has 7 nitrogen and oxygen atoms in total. The van der Waals surface area contributed by atoms with E-state index < -0.39 is 10.9 Å². The number of carbonyl (C=O) groups is 2. The van der Waals surface area contributed by atoms with Gasteiger partial charge >= 0.3 is 5.97 Å². The molecule has 1 aliphatic rings. The lowest BCUT2D eigenvalue weighted by Gasteiger charge is -2.31. The van der Waals surface area contributed by atoms with Crippen molar-refractivity contribution in [1.82, 2.24) is 4.98 Å². The van der Waals surface area contributed by atoms with Gasteiger partial charge < -0.3 is 5.11 Å². The Morgan fingerprint density at radius 2 is 1.81 bits per heavy atom. The van der Waals surface area contributed by atoms with Crippen molar-refractivity contribution in [2.75, 3.05) is 0 Å². The van der Waals surface area contributed by atoms with Crippen molar-refractivity contribution in [3.05, 3.63) is 56.9 Å². The van der Waals surface area contributed by atoms with Crippen LogP contribution in [0.5, 0.6) is 0 Å². The van der Waals surface area contributed by atoms with Crippen molar-refractivity contribution >= 4 is 17.4 Å². The van der Waals surface area contributed by atoms with Crippen LogP contribution >= 0.6 is 0 Å². The summed E-state index contributed by atoms with van der Waals surface area (Å²) in [5.74, 6) is -1.33. The average molecular weight is 354 g/mol. The van der Waals surface area contributed by atoms with Gasteiger partial charge in [-0.3, -0.25) is 19.9 Å². The van der Waals surface area contributed by atoms with Crippen LogP contribution in [0.4, 0.5) is 5.69 Å². The number of nitro benzene ring substituents is 1. The summed E-state index contributed by atoms with van der Waals surface area (Å²) in [5, 5.41) is 20.6. The molecule has 2 aromatic rings. The van der Waals surface area contributed by atoms with Crippen molar-refractivity contribution < 1.29 is 19.6 Å². The molecule has 134 valence electrons. The highest BCUT2D eigenvalue weighted by Gasteiger charge is 2.36. The molecule has 7 heteroatoms. The van der Waals surface area contributed by atoms with E-state index in [1.165, 1.54) is 24.3 Å². The van der Waals surface area contributed by atoms with Crippen LogP contribution in [0.25, 0.3) is 11.1 Å². The number of carboxylic acids is 1. The van der Waals surface area contributed by atoms with E-state index in [1.54, 1.807) is 6.92 Å². The number of ketones is 1. The highest BCUT2D eigenvalue weighted by molar-refractivity contribution is 6.10. The minimum absolute atomic E-state index is 0.0364. The van der Waals surface area contributed by atoms with Crippen LogP contribution in [0, 0.1) is 22.5 Å². The Bertz CT molecular complexity index is 945. The number of benzene rings is 1. The van der Waals surface area contributed by atoms with Gasteiger partial charge in [-0.05, 0) is 36.5 Å². The molecule has 0 bridgehead atoms. The minimum atomic E-state index is -1.18. The molecule has 1 N–H and O–H groups in total. The number of non-ortho nitro benzene ring substituents is 1. The van der Waals surface area contributed by atoms with Gasteiger partial charge in [-0.15, -0.1) is 0 Å². The predicted octanol–water partition coefficient (Wildman–Crippen LogP) is 3.82. The monoisotopic (exact) mass is 354 g/mol. The number of rotatable bonds is 3. The van der Waals surface area contributed by atoms with Crippen molar-refractivity contribution in [1.29, 1.82) is 0 Å². The first-order valence-corrected chi connectivity index (χ1v) is 8.15. The fraction of sp³-hybridized carbons (Fsp3) is 0.316. The lowest BCUT2D eigenvalue weighted by atomic mass is 9.73. The molecule has 0 fully saturated rings. The normalized spacial score (nSPS) is 15.4. The maximum absolute atomic E-state index is 12.8. The quantitative estimate of drug-likeness (QED) is 0.662. The summed E-state index contributed by atoms with van der Waals surface area (Å²) in [6, 6.07) is 5.57. The Morgan fingerprint density at radius 1 is 1.19 bits per heavy atom. The largest absolute Gasteiger partial charge is 0.478 e. The first-order chi connectivity index (χ1) is 12.1. The number of fused-ring (bicyclic) bond motifs is 1. The summed E-state index contributed by atoms with van der Waals surface area (Å²) in [7, 11) is 0. The third kappa shape index (κ3) is 2.96. The van der Waals surface area contributed by atoms with E-state index in [-0.39, 0.29) is 22.4 Å². The van der Waals surface area contributed by atoms with Crippen LogP contribution < -0.4 is 0 Å². The van der Waals surface area contributed by atoms with E-state index in [4.69, 9.17) is 0 Å². The third-order valence-corrected chi connectivity index (χ3v) is 4.60. The highest BCUT2D eigenvalue weighted by atomic mass is 16.6. The number of hydrogen-bond acceptors (Lipinski definition) is 5. The van der Waals surface area contributed by atoms with Gasteiger partial charge in [-0.2, -0.15) is 0 Å². The number of pyridine rings is 1. The molecule has 3 rings (SSSR count). The van der Waals surface area contributed by atoms with Gasteiger partial charge in [0.25, 0.3) is 5.69 Å². The summed E-state index contributed by atoms with van der Waals surface area (Å²) in [6.07, 6.45) is 0.860. The molecule has 1 aromatic carbocycles. The Hall–Kier alpha value is -3.09. The summed E-state index contributed by atoms with van der Waals surface area (Å²) < 4.78 is 0. The molecule has 0 unspecified atom stereocenters. The van der Waals surface area contributed by atoms with E-state index in [9.17, 15) is 24.8 Å². The van der Waals surface area contributed by atoms with E-state index in [2.05, 4.69) is 4.98 Å². The van der Waals surface area contributed by atoms with Crippen LogP contribution in [0.1, 0.15) is 52.4 Å². The van der Waals surface area contributed by atoms with Crippen molar-refractivity contribution in [3.63, 3.8) is 0 Å². The molecule has 0 atom stereocenters. The number of aromatic carboxylic acids is 1. The second kappa shape index (κ2) is 6.01. The lowest BCUT2D eigenvalue weighted by molar-refractivity contribution is -0.384. The molecule has 26 heavy (non-hydrogen) atoms. The molecule has 1 heterocycles. The molecule has 0 saturated carbocycles. The number of hydrogen-bond donors (Lipinski definition) is 1. The molecule has 0 saturated heterocycles. The summed E-state index contributed by atoms with van der Waals surface area (Å²) in [5.41, 5.74) is 1.61. The molecule has 1 aliphatic carbocycles. The smallest absolute Gasteiger partial charge is 0.338 e. The average Bonchev–Trinajstić information content (AvgIpc) is 2.51. The molecular weight excluding hydrogens is 336 g/mol. The Labute approximate surface area is 149 Å². The van der Waals surface area contributed by atoms with Crippen molar-refractivity contribution in [2.45, 2.75) is 33.6 Å². The fourth-order valence-corrected chi connectivity index (χ4v) is 3.53. The maximum atomic E-state index is 12.8. The van der Waals surface area contributed by atoms with E-state index in [0.717, 1.165) is 0 Å². The number of aromatic nitrogens is 1. The SMILES string of the molecule is Cc1nc2c(c(-c3ccc([N+](=O)[O-])cc3)c1C(=O)O)C(=O)CC(C)(C)C2. The number of aryl methyl sites for hydroxylation is 1. The number of carboxylic acid groups (broad SMARTS) is 1. The van der Waals surface area contributed by atoms with Gasteiger partial charge in [0.05, 0.1) is 21.9 Å². The Kier molecular flexibility index (Phi) is 4.10. The summed E-state index contributed by atoms with van der Waals surface area (Å²) in [6.45, 7) is 5.55. The summed E-state index contributed by atoms with van der Waals surface area (Å²) in [4.78, 5) is 39.4. The van der Waals surface area contributed by atoms with Crippen molar-refractivity contribution in [2.24, 2.45) is 5.41 Å². The van der Waals surface area contributed by atoms with E-state index >= 15 is 0 Å². The number of carbonyl (C=O) groups excluding carboxylic acids is 1. The zero-order valence-electron chi connectivity index (χ0n) is 14.7. The van der Waals surface area contributed by atoms with E-state index in [0.29, 0.717) is 40.9 Å². The molecule has 0 radical (unpaired) electrons. The van der Waals surface area contributed by atoms with Crippen LogP contribution in [-0.4, -0.2) is 26.8 Å². The fourth-order valence-electron chi connectivity index (χ4n) is 3.53. The van der Waals surface area contributed by atoms with Crippen LogP contribution in [0.3, 0.4) is 0 Å². The molecule has 0 amide bonds.